The molecule has 0 fully saturated rings. The normalized spacial score (nSPS) is 15.7. The van der Waals surface area contributed by atoms with E-state index in [4.69, 9.17) is 0 Å². The molecule has 0 saturated heterocycles. The standard InChI is InChI=1S/C69H73BN2/c1-45(2)47-39-62-64-63(40-47)72(59-35-31-51(65(3,4)5)41-54(59)46-23-17-14-18-24-46)61-44-56-55(66(6,7)37-38-67(56,8)9)43-58(61)70(64)57-42-52(69(12,13)49-27-21-16-22-28-49)32-36-60(57)71(62)53-33-29-50(30-34-53)68(10,11)48-25-19-15-20-26-48/h14-36,39-45H,37-38H2,1-13H3. The molecule has 362 valence electrons. The Labute approximate surface area is 432 Å². The Balaban J connectivity index is 1.25. The minimum absolute atomic E-state index is 0.0170. The van der Waals surface area contributed by atoms with E-state index in [9.17, 15) is 0 Å². The molecule has 11 rings (SSSR count). The van der Waals surface area contributed by atoms with Crippen molar-refractivity contribution in [3.63, 3.8) is 0 Å². The van der Waals surface area contributed by atoms with Crippen LogP contribution in [-0.4, -0.2) is 6.71 Å². The van der Waals surface area contributed by atoms with Crippen LogP contribution in [0.4, 0.5) is 34.1 Å². The number of hydrogen-bond donors (Lipinski definition) is 0. The van der Waals surface area contributed by atoms with Gasteiger partial charge < -0.3 is 9.80 Å². The second-order valence-corrected chi connectivity index (χ2v) is 25.1. The van der Waals surface area contributed by atoms with E-state index in [-0.39, 0.29) is 33.8 Å². The summed E-state index contributed by atoms with van der Waals surface area (Å²) in [6.07, 6.45) is 2.31. The summed E-state index contributed by atoms with van der Waals surface area (Å²) < 4.78 is 0. The number of fused-ring (bicyclic) bond motifs is 5. The summed E-state index contributed by atoms with van der Waals surface area (Å²) in [5, 5.41) is 0. The van der Waals surface area contributed by atoms with Crippen molar-refractivity contribution in [1.29, 1.82) is 0 Å². The molecule has 0 bridgehead atoms. The van der Waals surface area contributed by atoms with Crippen LogP contribution in [0, 0.1) is 0 Å². The molecule has 2 nitrogen and oxygen atoms in total. The van der Waals surface area contributed by atoms with E-state index >= 15 is 0 Å². The highest BCUT2D eigenvalue weighted by molar-refractivity contribution is 7.00. The predicted octanol–water partition coefficient (Wildman–Crippen LogP) is 16.9. The fraction of sp³-hybridized carbons (Fsp3) is 0.304. The quantitative estimate of drug-likeness (QED) is 0.140. The van der Waals surface area contributed by atoms with Crippen molar-refractivity contribution in [3.05, 3.63) is 220 Å². The third-order valence-corrected chi connectivity index (χ3v) is 17.5. The summed E-state index contributed by atoms with van der Waals surface area (Å²) >= 11 is 0. The summed E-state index contributed by atoms with van der Waals surface area (Å²) in [6.45, 7) is 31.2. The summed E-state index contributed by atoms with van der Waals surface area (Å²) in [4.78, 5) is 5.32. The van der Waals surface area contributed by atoms with E-state index in [2.05, 4.69) is 276 Å². The van der Waals surface area contributed by atoms with Crippen LogP contribution in [0.5, 0.6) is 0 Å². The number of anilines is 6. The summed E-state index contributed by atoms with van der Waals surface area (Å²) in [6, 6.07) is 67.9. The third-order valence-electron chi connectivity index (χ3n) is 17.5. The highest BCUT2D eigenvalue weighted by atomic mass is 15.2. The molecule has 72 heavy (non-hydrogen) atoms. The average molecular weight is 941 g/mol. The molecule has 3 aliphatic rings. The van der Waals surface area contributed by atoms with Gasteiger partial charge in [0.1, 0.15) is 0 Å². The monoisotopic (exact) mass is 941 g/mol. The average Bonchev–Trinajstić information content (AvgIpc) is 3.37. The zero-order valence-corrected chi connectivity index (χ0v) is 45.2. The van der Waals surface area contributed by atoms with Crippen molar-refractivity contribution in [1.82, 2.24) is 0 Å². The van der Waals surface area contributed by atoms with Gasteiger partial charge in [-0.05, 0) is 150 Å². The van der Waals surface area contributed by atoms with Gasteiger partial charge in [-0.25, -0.2) is 0 Å². The fourth-order valence-corrected chi connectivity index (χ4v) is 12.5. The van der Waals surface area contributed by atoms with Gasteiger partial charge in [-0.3, -0.25) is 0 Å². The lowest BCUT2D eigenvalue weighted by Crippen LogP contribution is -2.62. The molecule has 0 radical (unpaired) electrons. The van der Waals surface area contributed by atoms with E-state index in [0.29, 0.717) is 5.92 Å². The van der Waals surface area contributed by atoms with Crippen molar-refractivity contribution in [2.24, 2.45) is 0 Å². The summed E-state index contributed by atoms with van der Waals surface area (Å²) in [7, 11) is 0. The van der Waals surface area contributed by atoms with Crippen molar-refractivity contribution in [2.45, 2.75) is 136 Å². The fourth-order valence-electron chi connectivity index (χ4n) is 12.5. The smallest absolute Gasteiger partial charge is 0.252 e. The van der Waals surface area contributed by atoms with E-state index in [0.717, 1.165) is 12.8 Å². The second kappa shape index (κ2) is 17.0. The first kappa shape index (κ1) is 47.7. The molecule has 8 aromatic carbocycles. The lowest BCUT2D eigenvalue weighted by Gasteiger charge is -2.48. The number of rotatable bonds is 8. The maximum atomic E-state index is 2.70. The molecule has 1 aliphatic carbocycles. The van der Waals surface area contributed by atoms with Crippen LogP contribution in [-0.2, 0) is 27.1 Å². The first-order chi connectivity index (χ1) is 34.2. The third kappa shape index (κ3) is 7.76. The lowest BCUT2D eigenvalue weighted by atomic mass is 9.32. The molecule has 2 heterocycles. The molecule has 0 atom stereocenters. The van der Waals surface area contributed by atoms with Gasteiger partial charge in [0.05, 0.1) is 5.69 Å². The van der Waals surface area contributed by atoms with Gasteiger partial charge in [0, 0.05) is 44.8 Å². The molecule has 0 unspecified atom stereocenters. The maximum absolute atomic E-state index is 2.70. The summed E-state index contributed by atoms with van der Waals surface area (Å²) in [5.41, 5.74) is 24.6. The Morgan fingerprint density at radius 3 is 1.47 bits per heavy atom. The first-order valence-corrected chi connectivity index (χ1v) is 26.7. The van der Waals surface area contributed by atoms with E-state index in [1.807, 2.05) is 0 Å². The minimum atomic E-state index is -0.235. The molecule has 3 heteroatoms. The van der Waals surface area contributed by atoms with Gasteiger partial charge in [0.15, 0.2) is 0 Å². The van der Waals surface area contributed by atoms with E-state index in [1.165, 1.54) is 106 Å². The van der Waals surface area contributed by atoms with Crippen LogP contribution < -0.4 is 26.2 Å². The van der Waals surface area contributed by atoms with E-state index < -0.39 is 0 Å². The molecule has 8 aromatic rings. The highest BCUT2D eigenvalue weighted by Gasteiger charge is 2.47. The van der Waals surface area contributed by atoms with Crippen molar-refractivity contribution < 1.29 is 0 Å². The lowest BCUT2D eigenvalue weighted by molar-refractivity contribution is 0.332. The van der Waals surface area contributed by atoms with Crippen molar-refractivity contribution in [2.75, 3.05) is 9.80 Å². The molecular formula is C69H73BN2. The largest absolute Gasteiger partial charge is 0.311 e. The highest BCUT2D eigenvalue weighted by Crippen LogP contribution is 2.53. The zero-order valence-electron chi connectivity index (χ0n) is 45.2. The minimum Gasteiger partial charge on any atom is -0.311 e. The number of nitrogens with zero attached hydrogens (tertiary/aromatic N) is 2. The van der Waals surface area contributed by atoms with Crippen LogP contribution in [0.3, 0.4) is 0 Å². The molecular weight excluding hydrogens is 868 g/mol. The summed E-state index contributed by atoms with van der Waals surface area (Å²) in [5.74, 6) is 0.291. The number of benzene rings is 8. The van der Waals surface area contributed by atoms with Crippen LogP contribution in [0.1, 0.15) is 153 Å². The Morgan fingerprint density at radius 1 is 0.431 bits per heavy atom. The molecule has 0 saturated carbocycles. The maximum Gasteiger partial charge on any atom is 0.252 e. The zero-order chi connectivity index (χ0) is 50.7. The Kier molecular flexibility index (Phi) is 11.3. The van der Waals surface area contributed by atoms with Gasteiger partial charge >= 0.3 is 0 Å². The Bertz CT molecular complexity index is 3350. The Hall–Kier alpha value is -6.58. The Morgan fingerprint density at radius 2 is 0.903 bits per heavy atom. The van der Waals surface area contributed by atoms with Gasteiger partial charge in [-0.1, -0.05) is 217 Å². The first-order valence-electron chi connectivity index (χ1n) is 26.7. The SMILES string of the molecule is CC(C)c1cc2c3c(c1)N(c1ccc(C(C)(C)C)cc1-c1ccccc1)c1cc4c(cc1B3c1cc(C(C)(C)c3ccccc3)ccc1N2c1ccc(C(C)(C)c2ccccc2)cc1)C(C)(C)CCC4(C)C. The molecule has 0 spiro atoms. The van der Waals surface area contributed by atoms with Gasteiger partial charge in [0.25, 0.3) is 6.71 Å². The van der Waals surface area contributed by atoms with Crippen LogP contribution in [0.15, 0.2) is 176 Å². The molecule has 0 amide bonds. The second-order valence-electron chi connectivity index (χ2n) is 25.1. The van der Waals surface area contributed by atoms with Crippen molar-refractivity contribution in [3.8, 4) is 11.1 Å². The van der Waals surface area contributed by atoms with Gasteiger partial charge in [0.2, 0.25) is 0 Å². The molecule has 0 aromatic heterocycles. The molecule has 0 N–H and O–H groups in total. The van der Waals surface area contributed by atoms with Crippen LogP contribution in [0.25, 0.3) is 11.1 Å². The van der Waals surface area contributed by atoms with E-state index in [1.54, 1.807) is 0 Å². The predicted molar refractivity (Wildman–Crippen MR) is 311 cm³/mol. The molecule has 2 aliphatic heterocycles. The van der Waals surface area contributed by atoms with Gasteiger partial charge in [-0.15, -0.1) is 0 Å². The van der Waals surface area contributed by atoms with Gasteiger partial charge in [-0.2, -0.15) is 0 Å². The van der Waals surface area contributed by atoms with Crippen LogP contribution in [0.2, 0.25) is 0 Å². The number of hydrogen-bond acceptors (Lipinski definition) is 2. The topological polar surface area (TPSA) is 6.48 Å². The van der Waals surface area contributed by atoms with Crippen molar-refractivity contribution >= 4 is 57.2 Å². The van der Waals surface area contributed by atoms with Crippen LogP contribution >= 0.6 is 0 Å².